The van der Waals surface area contributed by atoms with Crippen molar-refractivity contribution in [3.63, 3.8) is 0 Å². The molecule has 1 aromatic heterocycles. The Morgan fingerprint density at radius 2 is 1.90 bits per heavy atom. The maximum absolute atomic E-state index is 13.0. The fraction of sp³-hybridized carbons (Fsp3) is 0.333. The molecule has 0 aliphatic carbocycles. The van der Waals surface area contributed by atoms with Crippen LogP contribution in [0, 0.1) is 0 Å². The summed E-state index contributed by atoms with van der Waals surface area (Å²) in [6.45, 7) is 1.77. The molecule has 158 valence electrons. The summed E-state index contributed by atoms with van der Waals surface area (Å²) in [6.07, 6.45) is -3.27. The summed E-state index contributed by atoms with van der Waals surface area (Å²) < 4.78 is 35.9. The molecule has 0 amide bonds. The van der Waals surface area contributed by atoms with E-state index in [1.54, 1.807) is 12.1 Å². The number of nitrogens with zero attached hydrogens (tertiary/aromatic N) is 3. The molecule has 2 heterocycles. The number of aliphatic hydroxyl groups excluding tert-OH is 1. The van der Waals surface area contributed by atoms with Gasteiger partial charge in [-0.2, -0.15) is 13.8 Å². The average Bonchev–Trinajstić information content (AvgIpc) is 3.30. The van der Waals surface area contributed by atoms with Crippen molar-refractivity contribution in [2.45, 2.75) is 38.1 Å². The minimum absolute atomic E-state index is 0.0445. The maximum Gasteiger partial charge on any atom is 0.394 e. The number of benzene rings is 2. The maximum atomic E-state index is 13.0. The molecule has 0 unspecified atom stereocenters. The van der Waals surface area contributed by atoms with Crippen LogP contribution in [0.3, 0.4) is 0 Å². The molecular formula is C21H20ClF2N3O3. The Bertz CT molecular complexity index is 990. The van der Waals surface area contributed by atoms with E-state index in [4.69, 9.17) is 16.1 Å². The third-order valence-electron chi connectivity index (χ3n) is 4.82. The zero-order valence-corrected chi connectivity index (χ0v) is 16.9. The lowest BCUT2D eigenvalue weighted by atomic mass is 10.1. The van der Waals surface area contributed by atoms with Crippen molar-refractivity contribution in [3.05, 3.63) is 65.0 Å². The topological polar surface area (TPSA) is 71.6 Å². The van der Waals surface area contributed by atoms with Gasteiger partial charge in [0.1, 0.15) is 5.75 Å². The molecule has 1 N–H and O–H groups in total. The van der Waals surface area contributed by atoms with Crippen molar-refractivity contribution in [2.24, 2.45) is 0 Å². The van der Waals surface area contributed by atoms with Gasteiger partial charge in [-0.3, -0.25) is 4.90 Å². The van der Waals surface area contributed by atoms with Crippen LogP contribution in [-0.4, -0.2) is 38.9 Å². The first kappa shape index (κ1) is 20.7. The number of alkyl halides is 2. The Kier molecular flexibility index (Phi) is 5.73. The third-order valence-corrected chi connectivity index (χ3v) is 5.07. The van der Waals surface area contributed by atoms with Crippen molar-refractivity contribution in [3.8, 4) is 17.1 Å². The van der Waals surface area contributed by atoms with E-state index < -0.39 is 12.2 Å². The van der Waals surface area contributed by atoms with Crippen LogP contribution in [0.25, 0.3) is 11.4 Å². The van der Waals surface area contributed by atoms with Crippen LogP contribution in [0.1, 0.15) is 30.8 Å². The van der Waals surface area contributed by atoms with Crippen molar-refractivity contribution in [1.29, 1.82) is 0 Å². The molecule has 9 heteroatoms. The van der Waals surface area contributed by atoms with E-state index in [1.807, 2.05) is 24.3 Å². The van der Waals surface area contributed by atoms with Crippen LogP contribution in [-0.2, 0) is 6.54 Å². The SMILES string of the molecule is CC(F)(F)Oc1ccc(-c2noc([C@@H]3C[C@@H](O)CN3Cc3ccc(Cl)cc3)n2)cc1. The lowest BCUT2D eigenvalue weighted by Gasteiger charge is -2.21. The number of hydrogen-bond acceptors (Lipinski definition) is 6. The van der Waals surface area contributed by atoms with E-state index in [1.165, 1.54) is 12.1 Å². The standard InChI is InChI=1S/C21H20ClF2N3O3/c1-21(23,24)29-17-8-4-14(5-9-17)19-25-20(30-26-19)18-10-16(28)12-27(18)11-13-2-6-15(22)7-3-13/h2-9,16,18,28H,10-12H2,1H3/t16-,18+/m1/s1. The van der Waals surface area contributed by atoms with Crippen LogP contribution in [0.2, 0.25) is 5.02 Å². The second-order valence-corrected chi connectivity index (χ2v) is 7.79. The molecule has 0 radical (unpaired) electrons. The number of halogens is 3. The van der Waals surface area contributed by atoms with E-state index in [0.717, 1.165) is 5.56 Å². The van der Waals surface area contributed by atoms with Gasteiger partial charge in [-0.15, -0.1) is 0 Å². The predicted molar refractivity (Wildman–Crippen MR) is 106 cm³/mol. The molecule has 2 atom stereocenters. The highest BCUT2D eigenvalue weighted by atomic mass is 35.5. The van der Waals surface area contributed by atoms with Gasteiger partial charge in [0.2, 0.25) is 11.7 Å². The number of ether oxygens (including phenoxy) is 1. The number of β-amino-alcohol motifs (C(OH)–C–C–N with tert-alkyl or cyclic N) is 1. The predicted octanol–water partition coefficient (Wildman–Crippen LogP) is 4.69. The number of likely N-dealkylation sites (tertiary alicyclic amines) is 1. The molecular weight excluding hydrogens is 416 g/mol. The van der Waals surface area contributed by atoms with Crippen LogP contribution >= 0.6 is 11.6 Å². The van der Waals surface area contributed by atoms with Crippen molar-refractivity contribution >= 4 is 11.6 Å². The minimum atomic E-state index is -3.25. The Morgan fingerprint density at radius 1 is 1.20 bits per heavy atom. The molecule has 0 spiro atoms. The number of rotatable bonds is 6. The van der Waals surface area contributed by atoms with E-state index in [9.17, 15) is 13.9 Å². The highest BCUT2D eigenvalue weighted by Gasteiger charge is 2.36. The van der Waals surface area contributed by atoms with Gasteiger partial charge in [0.15, 0.2) is 0 Å². The molecule has 6 nitrogen and oxygen atoms in total. The summed E-state index contributed by atoms with van der Waals surface area (Å²) in [5, 5.41) is 14.8. The largest absolute Gasteiger partial charge is 0.433 e. The second kappa shape index (κ2) is 8.29. The van der Waals surface area contributed by atoms with E-state index >= 15 is 0 Å². The van der Waals surface area contributed by atoms with Gasteiger partial charge in [0.05, 0.1) is 12.1 Å². The Morgan fingerprint density at radius 3 is 2.57 bits per heavy atom. The van der Waals surface area contributed by atoms with Crippen molar-refractivity contribution in [2.75, 3.05) is 6.54 Å². The first-order valence-corrected chi connectivity index (χ1v) is 9.82. The molecule has 2 aromatic carbocycles. The van der Waals surface area contributed by atoms with Gasteiger partial charge in [0, 0.05) is 30.6 Å². The Balaban J connectivity index is 1.49. The van der Waals surface area contributed by atoms with Gasteiger partial charge in [-0.1, -0.05) is 28.9 Å². The van der Waals surface area contributed by atoms with Gasteiger partial charge in [0.25, 0.3) is 0 Å². The molecule has 1 saturated heterocycles. The molecule has 1 aliphatic rings. The fourth-order valence-corrected chi connectivity index (χ4v) is 3.63. The molecule has 1 aliphatic heterocycles. The number of aromatic nitrogens is 2. The van der Waals surface area contributed by atoms with Crippen LogP contribution < -0.4 is 4.74 Å². The molecule has 0 bridgehead atoms. The smallest absolute Gasteiger partial charge is 0.394 e. The van der Waals surface area contributed by atoms with Crippen LogP contribution in [0.5, 0.6) is 5.75 Å². The highest BCUT2D eigenvalue weighted by Crippen LogP contribution is 2.34. The monoisotopic (exact) mass is 435 g/mol. The van der Waals surface area contributed by atoms with E-state index in [2.05, 4.69) is 19.8 Å². The first-order valence-electron chi connectivity index (χ1n) is 9.44. The zero-order valence-electron chi connectivity index (χ0n) is 16.1. The van der Waals surface area contributed by atoms with Crippen molar-refractivity contribution < 1.29 is 23.1 Å². The molecule has 0 saturated carbocycles. The summed E-state index contributed by atoms with van der Waals surface area (Å²) in [4.78, 5) is 6.54. The highest BCUT2D eigenvalue weighted by molar-refractivity contribution is 6.30. The minimum Gasteiger partial charge on any atom is -0.433 e. The summed E-state index contributed by atoms with van der Waals surface area (Å²) in [5.41, 5.74) is 1.67. The first-order chi connectivity index (χ1) is 14.3. The normalized spacial score (nSPS) is 19.9. The van der Waals surface area contributed by atoms with E-state index in [-0.39, 0.29) is 11.8 Å². The molecule has 4 rings (SSSR count). The van der Waals surface area contributed by atoms with Crippen LogP contribution in [0.15, 0.2) is 53.1 Å². The van der Waals surface area contributed by atoms with Gasteiger partial charge < -0.3 is 14.4 Å². The molecule has 3 aromatic rings. The zero-order chi connectivity index (χ0) is 21.3. The summed E-state index contributed by atoms with van der Waals surface area (Å²) in [5.74, 6) is 0.784. The molecule has 30 heavy (non-hydrogen) atoms. The van der Waals surface area contributed by atoms with Crippen molar-refractivity contribution in [1.82, 2.24) is 15.0 Å². The fourth-order valence-electron chi connectivity index (χ4n) is 3.50. The summed E-state index contributed by atoms with van der Waals surface area (Å²) in [6, 6.07) is 13.3. The third kappa shape index (κ3) is 4.95. The van der Waals surface area contributed by atoms with Gasteiger partial charge >= 0.3 is 6.11 Å². The van der Waals surface area contributed by atoms with Gasteiger partial charge in [-0.25, -0.2) is 0 Å². The summed E-state index contributed by atoms with van der Waals surface area (Å²) >= 11 is 5.95. The lowest BCUT2D eigenvalue weighted by molar-refractivity contribution is -0.158. The van der Waals surface area contributed by atoms with Crippen LogP contribution in [0.4, 0.5) is 8.78 Å². The molecule has 1 fully saturated rings. The average molecular weight is 436 g/mol. The van der Waals surface area contributed by atoms with E-state index in [0.29, 0.717) is 48.7 Å². The number of aliphatic hydroxyl groups is 1. The Labute approximate surface area is 177 Å². The summed E-state index contributed by atoms with van der Waals surface area (Å²) in [7, 11) is 0. The number of hydrogen-bond donors (Lipinski definition) is 1. The quantitative estimate of drug-likeness (QED) is 0.605. The van der Waals surface area contributed by atoms with Gasteiger partial charge in [-0.05, 0) is 48.4 Å². The Hall–Kier alpha value is -2.55. The second-order valence-electron chi connectivity index (χ2n) is 7.35. The lowest BCUT2D eigenvalue weighted by Crippen LogP contribution is -2.24.